The second-order valence-corrected chi connectivity index (χ2v) is 5.34. The Morgan fingerprint density at radius 2 is 1.92 bits per heavy atom. The van der Waals surface area contributed by atoms with E-state index < -0.39 is 0 Å². The van der Waals surface area contributed by atoms with Gasteiger partial charge >= 0.3 is 0 Å². The van der Waals surface area contributed by atoms with Crippen molar-refractivity contribution in [3.8, 4) is 0 Å². The lowest BCUT2D eigenvalue weighted by Crippen LogP contribution is -2.14. The van der Waals surface area contributed by atoms with Crippen molar-refractivity contribution >= 4 is 29.0 Å². The van der Waals surface area contributed by atoms with Crippen LogP contribution in [-0.2, 0) is 6.54 Å². The van der Waals surface area contributed by atoms with Gasteiger partial charge in [0.05, 0.1) is 23.1 Å². The topological polar surface area (TPSA) is 79.8 Å². The van der Waals surface area contributed by atoms with Crippen molar-refractivity contribution in [1.82, 2.24) is 15.0 Å². The number of halogens is 1. The first-order chi connectivity index (χ1) is 11.7. The Balaban J connectivity index is 1.61. The van der Waals surface area contributed by atoms with E-state index in [-0.39, 0.29) is 11.6 Å². The standard InChI is InChI=1S/C17H14ClN5O/c18-13-5-1-2-6-14(13)23-17(24)15-10-22-16(11-20-15)21-9-12-4-3-7-19-8-12/h1-8,10-11H,9H2,(H,21,22)(H,23,24). The molecule has 0 bridgehead atoms. The molecule has 0 saturated heterocycles. The highest BCUT2D eigenvalue weighted by molar-refractivity contribution is 6.33. The van der Waals surface area contributed by atoms with Gasteiger partial charge in [-0.05, 0) is 23.8 Å². The third kappa shape index (κ3) is 4.05. The predicted octanol–water partition coefficient (Wildman–Crippen LogP) is 3.39. The van der Waals surface area contributed by atoms with Crippen LogP contribution in [-0.4, -0.2) is 20.9 Å². The van der Waals surface area contributed by atoms with Crippen molar-refractivity contribution in [2.45, 2.75) is 6.54 Å². The summed E-state index contributed by atoms with van der Waals surface area (Å²) < 4.78 is 0. The number of para-hydroxylation sites is 1. The number of hydrogen-bond acceptors (Lipinski definition) is 5. The number of anilines is 2. The van der Waals surface area contributed by atoms with E-state index in [1.165, 1.54) is 12.4 Å². The minimum atomic E-state index is -0.366. The zero-order valence-electron chi connectivity index (χ0n) is 12.6. The Kier molecular flexibility index (Phi) is 4.98. The minimum absolute atomic E-state index is 0.210. The Bertz CT molecular complexity index is 824. The number of pyridine rings is 1. The van der Waals surface area contributed by atoms with Crippen molar-refractivity contribution in [2.24, 2.45) is 0 Å². The maximum Gasteiger partial charge on any atom is 0.275 e. The van der Waals surface area contributed by atoms with Gasteiger partial charge in [-0.2, -0.15) is 0 Å². The highest BCUT2D eigenvalue weighted by Crippen LogP contribution is 2.20. The van der Waals surface area contributed by atoms with Crippen molar-refractivity contribution in [1.29, 1.82) is 0 Å². The molecule has 0 spiro atoms. The summed E-state index contributed by atoms with van der Waals surface area (Å²) in [5, 5.41) is 6.29. The van der Waals surface area contributed by atoms with Gasteiger partial charge in [-0.15, -0.1) is 0 Å². The van der Waals surface area contributed by atoms with Crippen molar-refractivity contribution in [3.05, 3.63) is 77.5 Å². The second kappa shape index (κ2) is 7.52. The Hall–Kier alpha value is -2.99. The number of hydrogen-bond donors (Lipinski definition) is 2. The highest BCUT2D eigenvalue weighted by atomic mass is 35.5. The average Bonchev–Trinajstić information content (AvgIpc) is 2.63. The molecule has 6 nitrogen and oxygen atoms in total. The molecule has 0 aliphatic carbocycles. The van der Waals surface area contributed by atoms with Gasteiger partial charge in [-0.3, -0.25) is 9.78 Å². The van der Waals surface area contributed by atoms with E-state index in [4.69, 9.17) is 11.6 Å². The molecule has 2 heterocycles. The largest absolute Gasteiger partial charge is 0.365 e. The molecule has 0 saturated carbocycles. The lowest BCUT2D eigenvalue weighted by Gasteiger charge is -2.07. The number of carbonyl (C=O) groups is 1. The third-order valence-electron chi connectivity index (χ3n) is 3.20. The van der Waals surface area contributed by atoms with Gasteiger partial charge in [-0.25, -0.2) is 9.97 Å². The molecule has 24 heavy (non-hydrogen) atoms. The Morgan fingerprint density at radius 1 is 1.04 bits per heavy atom. The van der Waals surface area contributed by atoms with Gasteiger partial charge in [0.2, 0.25) is 0 Å². The third-order valence-corrected chi connectivity index (χ3v) is 3.53. The van der Waals surface area contributed by atoms with Gasteiger partial charge in [0.1, 0.15) is 11.5 Å². The summed E-state index contributed by atoms with van der Waals surface area (Å²) in [6.45, 7) is 0.577. The average molecular weight is 340 g/mol. The molecule has 0 unspecified atom stereocenters. The van der Waals surface area contributed by atoms with E-state index in [1.54, 1.807) is 36.7 Å². The molecule has 3 rings (SSSR count). The maximum atomic E-state index is 12.2. The SMILES string of the molecule is O=C(Nc1ccccc1Cl)c1cnc(NCc2cccnc2)cn1. The van der Waals surface area contributed by atoms with Crippen LogP contribution in [0.3, 0.4) is 0 Å². The summed E-state index contributed by atoms with van der Waals surface area (Å²) in [4.78, 5) is 24.5. The monoisotopic (exact) mass is 339 g/mol. The Labute approximate surface area is 143 Å². The molecule has 0 aliphatic rings. The summed E-state index contributed by atoms with van der Waals surface area (Å²) >= 11 is 6.01. The van der Waals surface area contributed by atoms with E-state index in [9.17, 15) is 4.79 Å². The number of aromatic nitrogens is 3. The fraction of sp³-hybridized carbons (Fsp3) is 0.0588. The van der Waals surface area contributed by atoms with Gasteiger partial charge < -0.3 is 10.6 Å². The van der Waals surface area contributed by atoms with Crippen LogP contribution in [0.25, 0.3) is 0 Å². The molecule has 2 aromatic heterocycles. The second-order valence-electron chi connectivity index (χ2n) is 4.94. The zero-order chi connectivity index (χ0) is 16.8. The first-order valence-electron chi connectivity index (χ1n) is 7.23. The smallest absolute Gasteiger partial charge is 0.275 e. The summed E-state index contributed by atoms with van der Waals surface area (Å²) in [5.41, 5.74) is 1.77. The van der Waals surface area contributed by atoms with Crippen molar-refractivity contribution in [2.75, 3.05) is 10.6 Å². The molecule has 1 amide bonds. The van der Waals surface area contributed by atoms with E-state index in [0.29, 0.717) is 23.1 Å². The van der Waals surface area contributed by atoms with Crippen LogP contribution in [0.15, 0.2) is 61.2 Å². The first kappa shape index (κ1) is 15.9. The number of benzene rings is 1. The first-order valence-corrected chi connectivity index (χ1v) is 7.61. The maximum absolute atomic E-state index is 12.2. The number of carbonyl (C=O) groups excluding carboxylic acids is 1. The molecule has 2 N–H and O–H groups in total. The van der Waals surface area contributed by atoms with Gasteiger partial charge in [0.25, 0.3) is 5.91 Å². The van der Waals surface area contributed by atoms with Crippen LogP contribution >= 0.6 is 11.6 Å². The number of rotatable bonds is 5. The number of amides is 1. The van der Waals surface area contributed by atoms with Crippen LogP contribution in [0, 0.1) is 0 Å². The van der Waals surface area contributed by atoms with E-state index in [1.807, 2.05) is 12.1 Å². The van der Waals surface area contributed by atoms with Crippen LogP contribution in [0.1, 0.15) is 16.1 Å². The fourth-order valence-electron chi connectivity index (χ4n) is 1.98. The van der Waals surface area contributed by atoms with Gasteiger partial charge in [-0.1, -0.05) is 29.8 Å². The van der Waals surface area contributed by atoms with E-state index >= 15 is 0 Å². The normalized spacial score (nSPS) is 10.2. The minimum Gasteiger partial charge on any atom is -0.365 e. The van der Waals surface area contributed by atoms with Crippen molar-refractivity contribution in [3.63, 3.8) is 0 Å². The molecule has 0 fully saturated rings. The van der Waals surface area contributed by atoms with Crippen molar-refractivity contribution < 1.29 is 4.79 Å². The van der Waals surface area contributed by atoms with Crippen LogP contribution in [0.4, 0.5) is 11.5 Å². The predicted molar refractivity (Wildman–Crippen MR) is 93.0 cm³/mol. The fourth-order valence-corrected chi connectivity index (χ4v) is 2.16. The molecule has 0 radical (unpaired) electrons. The summed E-state index contributed by atoms with van der Waals surface area (Å²) in [6, 6.07) is 10.8. The lowest BCUT2D eigenvalue weighted by molar-refractivity contribution is 0.102. The van der Waals surface area contributed by atoms with Gasteiger partial charge in [0.15, 0.2) is 0 Å². The zero-order valence-corrected chi connectivity index (χ0v) is 13.4. The van der Waals surface area contributed by atoms with E-state index in [2.05, 4.69) is 25.6 Å². The molecule has 7 heteroatoms. The van der Waals surface area contributed by atoms with Gasteiger partial charge in [0, 0.05) is 18.9 Å². The van der Waals surface area contributed by atoms with Crippen LogP contribution in [0.5, 0.6) is 0 Å². The highest BCUT2D eigenvalue weighted by Gasteiger charge is 2.10. The molecule has 0 atom stereocenters. The molecular weight excluding hydrogens is 326 g/mol. The molecule has 3 aromatic rings. The molecule has 1 aromatic carbocycles. The lowest BCUT2D eigenvalue weighted by atomic mass is 10.3. The Morgan fingerprint density at radius 3 is 2.62 bits per heavy atom. The van der Waals surface area contributed by atoms with E-state index in [0.717, 1.165) is 5.56 Å². The summed E-state index contributed by atoms with van der Waals surface area (Å²) in [5.74, 6) is 0.211. The van der Waals surface area contributed by atoms with Crippen LogP contribution in [0.2, 0.25) is 5.02 Å². The summed E-state index contributed by atoms with van der Waals surface area (Å²) in [6.07, 6.45) is 6.41. The molecule has 120 valence electrons. The molecular formula is C17H14ClN5O. The van der Waals surface area contributed by atoms with Crippen LogP contribution < -0.4 is 10.6 Å². The molecule has 0 aliphatic heterocycles. The summed E-state index contributed by atoms with van der Waals surface area (Å²) in [7, 11) is 0. The number of nitrogens with one attached hydrogen (secondary N) is 2. The number of nitrogens with zero attached hydrogens (tertiary/aromatic N) is 3. The quantitative estimate of drug-likeness (QED) is 0.744.